The molecule has 122 valence electrons. The number of carbonyl (C=O) groups is 1. The number of hydrogen-bond donors (Lipinski definition) is 0. The van der Waals surface area contributed by atoms with Crippen LogP contribution < -0.4 is 0 Å². The first-order valence-electron chi connectivity index (χ1n) is 7.11. The predicted molar refractivity (Wildman–Crippen MR) is 83.0 cm³/mol. The number of halogens is 2. The van der Waals surface area contributed by atoms with Crippen molar-refractivity contribution in [1.29, 1.82) is 0 Å². The number of likely N-dealkylation sites (tertiary alicyclic amines) is 1. The maximum absolute atomic E-state index is 14.2. The standard InChI is InChI=1S/C16H16ClFN2O3/c1-9-12(15(21)20-7-16(2,8-20)22-3)14(19-23-9)13-10(17)5-4-6-11(13)18/h4-6H,7-8H2,1-3H3. The minimum absolute atomic E-state index is 0.0735. The molecule has 1 aliphatic heterocycles. The van der Waals surface area contributed by atoms with Gasteiger partial charge >= 0.3 is 0 Å². The Kier molecular flexibility index (Phi) is 3.90. The minimum Gasteiger partial charge on any atom is -0.375 e. The molecule has 5 nitrogen and oxygen atoms in total. The Morgan fingerprint density at radius 3 is 2.78 bits per heavy atom. The average molecular weight is 339 g/mol. The molecule has 0 bridgehead atoms. The van der Waals surface area contributed by atoms with E-state index in [4.69, 9.17) is 20.9 Å². The second-order valence-corrected chi connectivity index (χ2v) is 6.28. The summed E-state index contributed by atoms with van der Waals surface area (Å²) in [5.74, 6) is -0.492. The van der Waals surface area contributed by atoms with E-state index in [9.17, 15) is 9.18 Å². The Labute approximate surface area is 138 Å². The maximum Gasteiger partial charge on any atom is 0.259 e. The second-order valence-electron chi connectivity index (χ2n) is 5.87. The molecule has 0 aliphatic carbocycles. The van der Waals surface area contributed by atoms with Crippen LogP contribution in [-0.4, -0.2) is 41.8 Å². The lowest BCUT2D eigenvalue weighted by Gasteiger charge is -2.46. The van der Waals surface area contributed by atoms with Crippen LogP contribution in [0, 0.1) is 12.7 Å². The van der Waals surface area contributed by atoms with Gasteiger partial charge < -0.3 is 14.2 Å². The fourth-order valence-corrected chi connectivity index (χ4v) is 2.96. The Morgan fingerprint density at radius 1 is 1.48 bits per heavy atom. The van der Waals surface area contributed by atoms with Crippen molar-refractivity contribution in [1.82, 2.24) is 10.1 Å². The monoisotopic (exact) mass is 338 g/mol. The Morgan fingerprint density at radius 2 is 2.17 bits per heavy atom. The maximum atomic E-state index is 14.2. The van der Waals surface area contributed by atoms with Crippen LogP contribution in [0.3, 0.4) is 0 Å². The summed E-state index contributed by atoms with van der Waals surface area (Å²) in [5.41, 5.74) is 0.0810. The number of methoxy groups -OCH3 is 1. The van der Waals surface area contributed by atoms with Gasteiger partial charge in [0.25, 0.3) is 5.91 Å². The van der Waals surface area contributed by atoms with Gasteiger partial charge in [0.1, 0.15) is 28.4 Å². The lowest BCUT2D eigenvalue weighted by atomic mass is 9.94. The van der Waals surface area contributed by atoms with E-state index in [-0.39, 0.29) is 33.4 Å². The molecule has 0 N–H and O–H groups in total. The number of ether oxygens (including phenoxy) is 1. The number of benzene rings is 1. The molecule has 0 spiro atoms. The molecule has 0 saturated carbocycles. The van der Waals surface area contributed by atoms with Gasteiger partial charge in [-0.3, -0.25) is 4.79 Å². The fraction of sp³-hybridized carbons (Fsp3) is 0.375. The zero-order valence-corrected chi connectivity index (χ0v) is 13.8. The van der Waals surface area contributed by atoms with Crippen LogP contribution in [0.15, 0.2) is 22.7 Å². The van der Waals surface area contributed by atoms with E-state index in [1.807, 2.05) is 6.92 Å². The van der Waals surface area contributed by atoms with E-state index in [1.165, 1.54) is 12.1 Å². The van der Waals surface area contributed by atoms with Gasteiger partial charge in [0, 0.05) is 7.11 Å². The third-order valence-electron chi connectivity index (χ3n) is 4.11. The highest BCUT2D eigenvalue weighted by Gasteiger charge is 2.43. The van der Waals surface area contributed by atoms with Gasteiger partial charge in [-0.25, -0.2) is 4.39 Å². The molecule has 1 aromatic heterocycles. The van der Waals surface area contributed by atoms with Crippen molar-refractivity contribution in [2.75, 3.05) is 20.2 Å². The first-order valence-corrected chi connectivity index (χ1v) is 7.49. The highest BCUT2D eigenvalue weighted by Crippen LogP contribution is 2.35. The molecule has 1 aliphatic rings. The van der Waals surface area contributed by atoms with Gasteiger partial charge in [0.05, 0.1) is 23.7 Å². The number of hydrogen-bond acceptors (Lipinski definition) is 4. The highest BCUT2D eigenvalue weighted by atomic mass is 35.5. The number of aromatic nitrogens is 1. The summed E-state index contributed by atoms with van der Waals surface area (Å²) >= 11 is 6.08. The van der Waals surface area contributed by atoms with Crippen LogP contribution >= 0.6 is 11.6 Å². The quantitative estimate of drug-likeness (QED) is 0.861. The zero-order valence-electron chi connectivity index (χ0n) is 13.0. The Hall–Kier alpha value is -1.92. The summed E-state index contributed by atoms with van der Waals surface area (Å²) in [6, 6.07) is 4.31. The Balaban J connectivity index is 1.99. The van der Waals surface area contributed by atoms with Crippen molar-refractivity contribution in [3.8, 4) is 11.3 Å². The first kappa shape index (κ1) is 16.0. The number of amides is 1. The lowest BCUT2D eigenvalue weighted by Crippen LogP contribution is -2.62. The second kappa shape index (κ2) is 5.62. The van der Waals surface area contributed by atoms with Crippen molar-refractivity contribution >= 4 is 17.5 Å². The van der Waals surface area contributed by atoms with Crippen LogP contribution in [-0.2, 0) is 4.74 Å². The summed E-state index contributed by atoms with van der Waals surface area (Å²) in [6.45, 7) is 4.45. The Bertz CT molecular complexity index is 748. The normalized spacial score (nSPS) is 16.3. The number of carbonyl (C=O) groups excluding carboxylic acids is 1. The summed E-state index contributed by atoms with van der Waals surface area (Å²) in [5, 5.41) is 4.03. The van der Waals surface area contributed by atoms with Gasteiger partial charge in [0.2, 0.25) is 0 Å². The zero-order chi connectivity index (χ0) is 16.8. The molecule has 1 aromatic carbocycles. The topological polar surface area (TPSA) is 55.6 Å². The summed E-state index contributed by atoms with van der Waals surface area (Å²) in [4.78, 5) is 14.3. The van der Waals surface area contributed by atoms with Crippen molar-refractivity contribution in [2.45, 2.75) is 19.4 Å². The molecule has 23 heavy (non-hydrogen) atoms. The summed E-state index contributed by atoms with van der Waals surface area (Å²) in [7, 11) is 1.61. The summed E-state index contributed by atoms with van der Waals surface area (Å²) in [6.07, 6.45) is 0. The van der Waals surface area contributed by atoms with Crippen LogP contribution in [0.25, 0.3) is 11.3 Å². The van der Waals surface area contributed by atoms with Crippen LogP contribution in [0.5, 0.6) is 0 Å². The predicted octanol–water partition coefficient (Wildman–Crippen LogP) is 3.30. The van der Waals surface area contributed by atoms with Crippen molar-refractivity contribution in [3.63, 3.8) is 0 Å². The molecule has 0 unspecified atom stereocenters. The number of nitrogens with zero attached hydrogens (tertiary/aromatic N) is 2. The van der Waals surface area contributed by atoms with Crippen molar-refractivity contribution in [3.05, 3.63) is 40.4 Å². The molecular formula is C16H16ClFN2O3. The minimum atomic E-state index is -0.551. The van der Waals surface area contributed by atoms with E-state index in [1.54, 1.807) is 25.0 Å². The molecular weight excluding hydrogens is 323 g/mol. The summed E-state index contributed by atoms with van der Waals surface area (Å²) < 4.78 is 24.6. The smallest absolute Gasteiger partial charge is 0.259 e. The highest BCUT2D eigenvalue weighted by molar-refractivity contribution is 6.33. The van der Waals surface area contributed by atoms with Crippen molar-refractivity contribution in [2.24, 2.45) is 0 Å². The number of aryl methyl sites for hydroxylation is 1. The molecule has 2 aromatic rings. The van der Waals surface area contributed by atoms with E-state index in [0.717, 1.165) is 0 Å². The van der Waals surface area contributed by atoms with Gasteiger partial charge in [-0.1, -0.05) is 22.8 Å². The van der Waals surface area contributed by atoms with Gasteiger partial charge in [0.15, 0.2) is 0 Å². The average Bonchev–Trinajstić information content (AvgIpc) is 2.85. The molecule has 7 heteroatoms. The third kappa shape index (κ3) is 2.62. The van der Waals surface area contributed by atoms with Gasteiger partial charge in [-0.15, -0.1) is 0 Å². The SMILES string of the molecule is COC1(C)CN(C(=O)c2c(-c3c(F)cccc3Cl)noc2C)C1. The third-order valence-corrected chi connectivity index (χ3v) is 4.42. The molecule has 0 atom stereocenters. The van der Waals surface area contributed by atoms with Gasteiger partial charge in [-0.2, -0.15) is 0 Å². The van der Waals surface area contributed by atoms with E-state index < -0.39 is 5.82 Å². The van der Waals surface area contributed by atoms with E-state index >= 15 is 0 Å². The van der Waals surface area contributed by atoms with Crippen LogP contribution in [0.4, 0.5) is 4.39 Å². The fourth-order valence-electron chi connectivity index (χ4n) is 2.71. The molecule has 1 fully saturated rings. The largest absolute Gasteiger partial charge is 0.375 e. The molecule has 1 amide bonds. The lowest BCUT2D eigenvalue weighted by molar-refractivity contribution is -0.0947. The van der Waals surface area contributed by atoms with Gasteiger partial charge in [-0.05, 0) is 26.0 Å². The molecule has 3 rings (SSSR count). The molecule has 0 radical (unpaired) electrons. The van der Waals surface area contributed by atoms with Crippen LogP contribution in [0.2, 0.25) is 5.02 Å². The first-order chi connectivity index (χ1) is 10.9. The van der Waals surface area contributed by atoms with Crippen LogP contribution in [0.1, 0.15) is 23.0 Å². The van der Waals surface area contributed by atoms with E-state index in [2.05, 4.69) is 5.16 Å². The van der Waals surface area contributed by atoms with Crippen molar-refractivity contribution < 1.29 is 18.4 Å². The molecule has 1 saturated heterocycles. The molecule has 2 heterocycles. The van der Waals surface area contributed by atoms with E-state index in [0.29, 0.717) is 18.8 Å². The number of rotatable bonds is 3.